The number of aromatic amines is 1. The summed E-state index contributed by atoms with van der Waals surface area (Å²) in [6.07, 6.45) is 2.52. The van der Waals surface area contributed by atoms with Crippen molar-refractivity contribution in [3.05, 3.63) is 102 Å². The molecule has 0 atom stereocenters. The van der Waals surface area contributed by atoms with E-state index in [9.17, 15) is 4.79 Å². The van der Waals surface area contributed by atoms with Gasteiger partial charge in [-0.3, -0.25) is 4.79 Å². The molecule has 0 saturated carbocycles. The lowest BCUT2D eigenvalue weighted by Crippen LogP contribution is -2.25. The molecular weight excluding hydrogens is 346 g/mol. The van der Waals surface area contributed by atoms with Crippen molar-refractivity contribution in [2.24, 2.45) is 0 Å². The van der Waals surface area contributed by atoms with E-state index < -0.39 is 0 Å². The van der Waals surface area contributed by atoms with Crippen molar-refractivity contribution in [1.82, 2.24) is 15.3 Å². The van der Waals surface area contributed by atoms with Crippen LogP contribution in [0.25, 0.3) is 22.5 Å². The van der Waals surface area contributed by atoms with Crippen LogP contribution in [0.2, 0.25) is 0 Å². The van der Waals surface area contributed by atoms with Gasteiger partial charge in [0.15, 0.2) is 0 Å². The molecule has 2 N–H and O–H groups in total. The van der Waals surface area contributed by atoms with E-state index in [1.165, 1.54) is 0 Å². The van der Waals surface area contributed by atoms with E-state index in [-0.39, 0.29) is 5.91 Å². The summed E-state index contributed by atoms with van der Waals surface area (Å²) in [7, 11) is 0. The van der Waals surface area contributed by atoms with E-state index in [0.717, 1.165) is 28.2 Å². The second kappa shape index (κ2) is 8.35. The Bertz CT molecular complexity index is 1040. The molecule has 28 heavy (non-hydrogen) atoms. The number of nitrogens with one attached hydrogen (secondary N) is 2. The maximum Gasteiger partial charge on any atom is 0.251 e. The van der Waals surface area contributed by atoms with E-state index in [1.807, 2.05) is 79.0 Å². The quantitative estimate of drug-likeness (QED) is 0.518. The summed E-state index contributed by atoms with van der Waals surface area (Å²) in [4.78, 5) is 20.1. The highest BCUT2D eigenvalue weighted by molar-refractivity contribution is 5.94. The first-order valence-corrected chi connectivity index (χ1v) is 9.32. The number of imidazole rings is 1. The van der Waals surface area contributed by atoms with E-state index in [0.29, 0.717) is 18.5 Å². The summed E-state index contributed by atoms with van der Waals surface area (Å²) in [5.74, 6) is 0.779. The van der Waals surface area contributed by atoms with E-state index >= 15 is 0 Å². The predicted molar refractivity (Wildman–Crippen MR) is 112 cm³/mol. The molecule has 0 aliphatic rings. The number of carbonyl (C=O) groups excluding carboxylic acids is 1. The van der Waals surface area contributed by atoms with E-state index in [1.54, 1.807) is 0 Å². The highest BCUT2D eigenvalue weighted by Crippen LogP contribution is 2.19. The minimum atomic E-state index is -0.0672. The molecule has 0 aliphatic heterocycles. The van der Waals surface area contributed by atoms with Gasteiger partial charge in [-0.15, -0.1) is 0 Å². The zero-order valence-corrected chi connectivity index (χ0v) is 15.4. The first-order valence-electron chi connectivity index (χ1n) is 9.32. The Morgan fingerprint density at radius 2 is 1.39 bits per heavy atom. The third kappa shape index (κ3) is 4.18. The second-order valence-corrected chi connectivity index (χ2v) is 6.57. The van der Waals surface area contributed by atoms with Crippen LogP contribution in [0.15, 0.2) is 91.1 Å². The highest BCUT2D eigenvalue weighted by atomic mass is 16.1. The average Bonchev–Trinajstić information content (AvgIpc) is 3.24. The Morgan fingerprint density at radius 3 is 2.07 bits per heavy atom. The van der Waals surface area contributed by atoms with Crippen molar-refractivity contribution in [2.45, 2.75) is 6.42 Å². The predicted octanol–water partition coefficient (Wildman–Crippen LogP) is 4.72. The van der Waals surface area contributed by atoms with Gasteiger partial charge in [-0.05, 0) is 23.3 Å². The van der Waals surface area contributed by atoms with Gasteiger partial charge in [0.2, 0.25) is 0 Å². The standard InChI is InChI=1S/C24H21N3O/c28-24(21-13-11-19(12-14-21)18-7-3-1-4-8-18)25-16-15-22-17-26-23(27-22)20-9-5-2-6-10-20/h1-14,17H,15-16H2,(H,25,28)(H,26,27). The lowest BCUT2D eigenvalue weighted by Gasteiger charge is -2.06. The van der Waals surface area contributed by atoms with Crippen molar-refractivity contribution in [3.63, 3.8) is 0 Å². The molecule has 1 amide bonds. The minimum absolute atomic E-state index is 0.0672. The number of nitrogens with zero attached hydrogens (tertiary/aromatic N) is 1. The molecule has 0 fully saturated rings. The van der Waals surface area contributed by atoms with Crippen LogP contribution in [0.1, 0.15) is 16.1 Å². The topological polar surface area (TPSA) is 57.8 Å². The average molecular weight is 367 g/mol. The summed E-state index contributed by atoms with van der Waals surface area (Å²) in [6, 6.07) is 27.8. The molecular formula is C24H21N3O. The summed E-state index contributed by atoms with van der Waals surface area (Å²) in [6.45, 7) is 0.551. The Balaban J connectivity index is 1.32. The first-order chi connectivity index (χ1) is 13.8. The molecule has 4 heteroatoms. The van der Waals surface area contributed by atoms with Gasteiger partial charge in [0.25, 0.3) is 5.91 Å². The molecule has 0 bridgehead atoms. The van der Waals surface area contributed by atoms with Gasteiger partial charge in [-0.25, -0.2) is 4.98 Å². The van der Waals surface area contributed by atoms with Crippen LogP contribution < -0.4 is 5.32 Å². The van der Waals surface area contributed by atoms with Gasteiger partial charge in [0.05, 0.1) is 0 Å². The molecule has 3 aromatic carbocycles. The fourth-order valence-corrected chi connectivity index (χ4v) is 3.09. The highest BCUT2D eigenvalue weighted by Gasteiger charge is 2.07. The number of hydrogen-bond donors (Lipinski definition) is 2. The molecule has 1 heterocycles. The lowest BCUT2D eigenvalue weighted by atomic mass is 10.0. The molecule has 4 nitrogen and oxygen atoms in total. The molecule has 138 valence electrons. The summed E-state index contributed by atoms with van der Waals surface area (Å²) in [5, 5.41) is 2.97. The Morgan fingerprint density at radius 1 is 0.786 bits per heavy atom. The number of amides is 1. The number of rotatable bonds is 6. The van der Waals surface area contributed by atoms with Crippen LogP contribution >= 0.6 is 0 Å². The van der Waals surface area contributed by atoms with Gasteiger partial charge in [0.1, 0.15) is 5.82 Å². The van der Waals surface area contributed by atoms with E-state index in [2.05, 4.69) is 27.4 Å². The Labute approximate surface area is 164 Å². The van der Waals surface area contributed by atoms with Gasteiger partial charge in [-0.1, -0.05) is 72.8 Å². The molecule has 0 saturated heterocycles. The maximum atomic E-state index is 12.4. The molecule has 1 aromatic heterocycles. The van der Waals surface area contributed by atoms with Crippen molar-refractivity contribution in [1.29, 1.82) is 0 Å². The number of benzene rings is 3. The van der Waals surface area contributed by atoms with Gasteiger partial charge in [-0.2, -0.15) is 0 Å². The van der Waals surface area contributed by atoms with Crippen molar-refractivity contribution >= 4 is 5.91 Å². The molecule has 0 spiro atoms. The fourth-order valence-electron chi connectivity index (χ4n) is 3.09. The van der Waals surface area contributed by atoms with Gasteiger partial charge in [0, 0.05) is 36.0 Å². The van der Waals surface area contributed by atoms with E-state index in [4.69, 9.17) is 0 Å². The van der Waals surface area contributed by atoms with Crippen LogP contribution in [-0.4, -0.2) is 22.4 Å². The fraction of sp³-hybridized carbons (Fsp3) is 0.0833. The second-order valence-electron chi connectivity index (χ2n) is 6.57. The van der Waals surface area contributed by atoms with Crippen molar-refractivity contribution < 1.29 is 4.79 Å². The van der Waals surface area contributed by atoms with Crippen LogP contribution in [0.5, 0.6) is 0 Å². The molecule has 0 unspecified atom stereocenters. The third-order valence-corrected chi connectivity index (χ3v) is 4.61. The Kier molecular flexibility index (Phi) is 5.29. The minimum Gasteiger partial charge on any atom is -0.352 e. The molecule has 0 aliphatic carbocycles. The van der Waals surface area contributed by atoms with Gasteiger partial charge < -0.3 is 10.3 Å². The largest absolute Gasteiger partial charge is 0.352 e. The zero-order valence-electron chi connectivity index (χ0n) is 15.4. The molecule has 4 aromatic rings. The van der Waals surface area contributed by atoms with Gasteiger partial charge >= 0.3 is 0 Å². The third-order valence-electron chi connectivity index (χ3n) is 4.61. The summed E-state index contributed by atoms with van der Waals surface area (Å²) < 4.78 is 0. The van der Waals surface area contributed by atoms with Crippen LogP contribution in [-0.2, 0) is 6.42 Å². The maximum absolute atomic E-state index is 12.4. The van der Waals surface area contributed by atoms with Crippen LogP contribution in [0.4, 0.5) is 0 Å². The first kappa shape index (κ1) is 17.7. The number of H-pyrrole nitrogens is 1. The SMILES string of the molecule is O=C(NCCc1cnc(-c2ccccc2)[nH]1)c1ccc(-c2ccccc2)cc1. The monoisotopic (exact) mass is 367 g/mol. The summed E-state index contributed by atoms with van der Waals surface area (Å²) >= 11 is 0. The van der Waals surface area contributed by atoms with Crippen LogP contribution in [0.3, 0.4) is 0 Å². The lowest BCUT2D eigenvalue weighted by molar-refractivity contribution is 0.0954. The molecule has 4 rings (SSSR count). The number of carbonyl (C=O) groups is 1. The zero-order chi connectivity index (χ0) is 19.2. The number of hydrogen-bond acceptors (Lipinski definition) is 2. The molecule has 0 radical (unpaired) electrons. The van der Waals surface area contributed by atoms with Crippen molar-refractivity contribution in [2.75, 3.05) is 6.54 Å². The normalized spacial score (nSPS) is 10.6. The summed E-state index contributed by atoms with van der Waals surface area (Å²) in [5.41, 5.74) is 4.95. The van der Waals surface area contributed by atoms with Crippen LogP contribution in [0, 0.1) is 0 Å². The Hall–Kier alpha value is -3.66. The number of aromatic nitrogens is 2. The smallest absolute Gasteiger partial charge is 0.251 e. The van der Waals surface area contributed by atoms with Crippen molar-refractivity contribution in [3.8, 4) is 22.5 Å².